The lowest BCUT2D eigenvalue weighted by molar-refractivity contribution is -0.145. The number of hydrogen-bond donors (Lipinski definition) is 1. The molecular formula is C19H19NO8S. The lowest BCUT2D eigenvalue weighted by Gasteiger charge is -2.25. The zero-order valence-corrected chi connectivity index (χ0v) is 16.6. The number of unbranched alkanes of at least 4 members (excludes halogenated alkanes) is 1. The summed E-state index contributed by atoms with van der Waals surface area (Å²) in [5.41, 5.74) is 0.0732. The molecule has 0 aromatic heterocycles. The molecule has 9 nitrogen and oxygen atoms in total. The van der Waals surface area contributed by atoms with Crippen LogP contribution in [-0.4, -0.2) is 48.7 Å². The first-order valence-electron chi connectivity index (χ1n) is 8.87. The lowest BCUT2D eigenvalue weighted by atomic mass is 9.94. The van der Waals surface area contributed by atoms with Crippen LogP contribution < -0.4 is 4.74 Å². The van der Waals surface area contributed by atoms with Gasteiger partial charge in [-0.1, -0.05) is 25.5 Å². The van der Waals surface area contributed by atoms with Gasteiger partial charge >= 0.3 is 5.97 Å². The molecule has 0 bridgehead atoms. The molecule has 0 fully saturated rings. The molecule has 1 unspecified atom stereocenters. The highest BCUT2D eigenvalue weighted by atomic mass is 32.2. The summed E-state index contributed by atoms with van der Waals surface area (Å²) in [5.74, 6) is -2.90. The topological polar surface area (TPSA) is 127 Å². The van der Waals surface area contributed by atoms with Crippen LogP contribution >= 0.6 is 0 Å². The number of benzene rings is 2. The van der Waals surface area contributed by atoms with E-state index in [4.69, 9.17) is 4.74 Å². The summed E-state index contributed by atoms with van der Waals surface area (Å²) in [5, 5.41) is 10.4. The maximum atomic E-state index is 12.8. The molecule has 0 saturated heterocycles. The molecule has 3 rings (SSSR count). The summed E-state index contributed by atoms with van der Waals surface area (Å²) in [6.45, 7) is 1.92. The summed E-state index contributed by atoms with van der Waals surface area (Å²) < 4.78 is 33.1. The zero-order valence-electron chi connectivity index (χ0n) is 15.7. The van der Waals surface area contributed by atoms with Gasteiger partial charge in [-0.2, -0.15) is 8.42 Å². The number of nitrogens with zero attached hydrogens (tertiary/aromatic N) is 1. The summed E-state index contributed by atoms with van der Waals surface area (Å²) in [6.07, 6.45) is 1.33. The van der Waals surface area contributed by atoms with Crippen LogP contribution in [0.15, 0.2) is 30.3 Å². The van der Waals surface area contributed by atoms with Crippen molar-refractivity contribution in [1.29, 1.82) is 0 Å². The molecule has 1 atom stereocenters. The van der Waals surface area contributed by atoms with Crippen LogP contribution in [0.3, 0.4) is 0 Å². The maximum Gasteiger partial charge on any atom is 0.344 e. The first kappa shape index (κ1) is 20.7. The van der Waals surface area contributed by atoms with Crippen molar-refractivity contribution in [3.05, 3.63) is 41.5 Å². The number of carbonyl (C=O) groups is 3. The fraction of sp³-hybridized carbons (Fsp3) is 0.316. The second-order valence-electron chi connectivity index (χ2n) is 6.64. The highest BCUT2D eigenvalue weighted by Gasteiger charge is 2.37. The average Bonchev–Trinajstić information content (AvgIpc) is 2.65. The number of imide groups is 1. The Labute approximate surface area is 166 Å². The van der Waals surface area contributed by atoms with Crippen LogP contribution in [0.2, 0.25) is 0 Å². The van der Waals surface area contributed by atoms with E-state index in [-0.39, 0.29) is 28.4 Å². The van der Waals surface area contributed by atoms with Gasteiger partial charge in [-0.05, 0) is 36.4 Å². The monoisotopic (exact) mass is 421 g/mol. The lowest BCUT2D eigenvalue weighted by Crippen LogP contribution is -2.41. The van der Waals surface area contributed by atoms with Crippen molar-refractivity contribution in [2.75, 3.05) is 6.26 Å². The summed E-state index contributed by atoms with van der Waals surface area (Å²) in [6, 6.07) is 7.48. The smallest absolute Gasteiger partial charge is 0.344 e. The van der Waals surface area contributed by atoms with Crippen LogP contribution in [-0.2, 0) is 19.2 Å². The Bertz CT molecular complexity index is 1110. The number of rotatable bonds is 8. The van der Waals surface area contributed by atoms with E-state index in [9.17, 15) is 27.9 Å². The second-order valence-corrected chi connectivity index (χ2v) is 8.20. The van der Waals surface area contributed by atoms with Crippen molar-refractivity contribution in [3.63, 3.8) is 0 Å². The molecule has 2 amide bonds. The van der Waals surface area contributed by atoms with E-state index >= 15 is 0 Å². The normalized spacial score (nSPS) is 14.9. The Morgan fingerprint density at radius 3 is 2.48 bits per heavy atom. The number of carboxylic acid groups (broad SMARTS) is 1. The Morgan fingerprint density at radius 1 is 1.17 bits per heavy atom. The average molecular weight is 421 g/mol. The van der Waals surface area contributed by atoms with Gasteiger partial charge < -0.3 is 9.84 Å². The van der Waals surface area contributed by atoms with E-state index in [0.29, 0.717) is 23.4 Å². The Kier molecular flexibility index (Phi) is 5.58. The minimum atomic E-state index is -4.14. The molecule has 154 valence electrons. The quantitative estimate of drug-likeness (QED) is 0.644. The summed E-state index contributed by atoms with van der Waals surface area (Å²) >= 11 is 0. The number of carboxylic acids is 1. The summed E-state index contributed by atoms with van der Waals surface area (Å²) in [7, 11) is -4.14. The molecule has 29 heavy (non-hydrogen) atoms. The van der Waals surface area contributed by atoms with Gasteiger partial charge in [-0.15, -0.1) is 9.35 Å². The van der Waals surface area contributed by atoms with E-state index in [0.717, 1.165) is 6.42 Å². The molecule has 2 aromatic carbocycles. The van der Waals surface area contributed by atoms with Gasteiger partial charge in [0.2, 0.25) is 0 Å². The number of ether oxygens (including phenoxy) is 1. The van der Waals surface area contributed by atoms with Crippen LogP contribution in [0.5, 0.6) is 5.75 Å². The first-order valence-corrected chi connectivity index (χ1v) is 10.7. The fourth-order valence-corrected chi connectivity index (χ4v) is 3.52. The third-order valence-corrected chi connectivity index (χ3v) is 4.78. The van der Waals surface area contributed by atoms with Crippen molar-refractivity contribution in [1.82, 2.24) is 5.06 Å². The Morgan fingerprint density at radius 2 is 1.86 bits per heavy atom. The maximum absolute atomic E-state index is 12.8. The SMILES string of the molecule is CCCCC(Oc1cc2c3c(cccc3c1)C(=O)N(OS(C)(=O)=O)C2=O)C(=O)O. The van der Waals surface area contributed by atoms with Gasteiger partial charge in [0.15, 0.2) is 6.10 Å². The van der Waals surface area contributed by atoms with Crippen molar-refractivity contribution in [2.24, 2.45) is 0 Å². The van der Waals surface area contributed by atoms with Gasteiger partial charge in [0.05, 0.1) is 17.4 Å². The molecule has 2 aromatic rings. The standard InChI is InChI=1S/C19H19NO8S/c1-3-4-8-15(19(23)24)27-12-9-11-6-5-7-13-16(11)14(10-12)18(22)20(17(13)21)28-29(2,25)26/h5-7,9-10,15H,3-4,8H2,1-2H3,(H,23,24). The van der Waals surface area contributed by atoms with Crippen molar-refractivity contribution in [2.45, 2.75) is 32.3 Å². The molecule has 0 aliphatic carbocycles. The number of carbonyl (C=O) groups excluding carboxylic acids is 2. The zero-order chi connectivity index (χ0) is 21.3. The molecule has 0 radical (unpaired) electrons. The molecular weight excluding hydrogens is 402 g/mol. The summed E-state index contributed by atoms with van der Waals surface area (Å²) in [4.78, 5) is 36.8. The van der Waals surface area contributed by atoms with Gasteiger partial charge in [-0.25, -0.2) is 4.79 Å². The Balaban J connectivity index is 2.09. The minimum Gasteiger partial charge on any atom is -0.479 e. The van der Waals surface area contributed by atoms with E-state index in [1.54, 1.807) is 12.1 Å². The van der Waals surface area contributed by atoms with E-state index < -0.39 is 34.0 Å². The molecule has 1 N–H and O–H groups in total. The number of aliphatic carboxylic acids is 1. The second kappa shape index (κ2) is 7.80. The van der Waals surface area contributed by atoms with Crippen LogP contribution in [0.25, 0.3) is 10.8 Å². The third kappa shape index (κ3) is 4.22. The molecule has 1 aliphatic rings. The van der Waals surface area contributed by atoms with Gasteiger partial charge in [-0.3, -0.25) is 9.59 Å². The highest BCUT2D eigenvalue weighted by Crippen LogP contribution is 2.34. The van der Waals surface area contributed by atoms with E-state index in [2.05, 4.69) is 4.28 Å². The van der Waals surface area contributed by atoms with Crippen molar-refractivity contribution in [3.8, 4) is 5.75 Å². The van der Waals surface area contributed by atoms with Crippen LogP contribution in [0.1, 0.15) is 46.9 Å². The fourth-order valence-electron chi connectivity index (χ4n) is 3.12. The molecule has 1 aliphatic heterocycles. The number of hydrogen-bond acceptors (Lipinski definition) is 7. The van der Waals surface area contributed by atoms with Gasteiger partial charge in [0.1, 0.15) is 5.75 Å². The molecule has 0 saturated carbocycles. The minimum absolute atomic E-state index is 0.0176. The predicted octanol–water partition coefficient (Wildman–Crippen LogP) is 2.35. The van der Waals surface area contributed by atoms with Crippen LogP contribution in [0, 0.1) is 0 Å². The van der Waals surface area contributed by atoms with E-state index in [1.165, 1.54) is 18.2 Å². The van der Waals surface area contributed by atoms with Gasteiger partial charge in [0, 0.05) is 5.39 Å². The van der Waals surface area contributed by atoms with Crippen molar-refractivity contribution < 1.29 is 36.9 Å². The van der Waals surface area contributed by atoms with E-state index in [1.807, 2.05) is 6.92 Å². The molecule has 10 heteroatoms. The van der Waals surface area contributed by atoms with Gasteiger partial charge in [0.25, 0.3) is 21.9 Å². The predicted molar refractivity (Wildman–Crippen MR) is 102 cm³/mol. The molecule has 1 heterocycles. The Hall–Kier alpha value is -2.98. The highest BCUT2D eigenvalue weighted by molar-refractivity contribution is 7.85. The third-order valence-electron chi connectivity index (χ3n) is 4.36. The molecule has 0 spiro atoms. The number of hydroxylamine groups is 2. The first-order chi connectivity index (χ1) is 13.6. The van der Waals surface area contributed by atoms with Crippen molar-refractivity contribution >= 4 is 38.7 Å². The largest absolute Gasteiger partial charge is 0.479 e. The number of amides is 2. The van der Waals surface area contributed by atoms with Crippen LogP contribution in [0.4, 0.5) is 0 Å².